The second kappa shape index (κ2) is 8.76. The van der Waals surface area contributed by atoms with E-state index >= 15 is 0 Å². The third-order valence-electron chi connectivity index (χ3n) is 3.51. The molecule has 2 aromatic carbocycles. The maximum atomic E-state index is 12.7. The molecular weight excluding hydrogens is 540 g/mol. The number of alkyl halides is 4. The van der Waals surface area contributed by atoms with Gasteiger partial charge in [-0.1, -0.05) is 88.0 Å². The molecule has 0 N–H and O–H groups in total. The molecule has 0 radical (unpaired) electrons. The van der Waals surface area contributed by atoms with Crippen molar-refractivity contribution in [2.45, 2.75) is 21.3 Å². The summed E-state index contributed by atoms with van der Waals surface area (Å²) in [6, 6.07) is 11.8. The number of carbonyl (C=O) groups is 1. The molecular formula is C17H14Br4O. The predicted molar refractivity (Wildman–Crippen MR) is 107 cm³/mol. The molecule has 22 heavy (non-hydrogen) atoms. The highest BCUT2D eigenvalue weighted by Gasteiger charge is 2.13. The van der Waals surface area contributed by atoms with Gasteiger partial charge in [0.1, 0.15) is 0 Å². The molecule has 0 aliphatic rings. The maximum absolute atomic E-state index is 12.7. The summed E-state index contributed by atoms with van der Waals surface area (Å²) in [6.07, 6.45) is 0. The summed E-state index contributed by atoms with van der Waals surface area (Å²) in [5.41, 5.74) is 6.13. The Balaban J connectivity index is 2.39. The van der Waals surface area contributed by atoms with Crippen molar-refractivity contribution in [1.29, 1.82) is 0 Å². The van der Waals surface area contributed by atoms with Crippen LogP contribution in [-0.2, 0) is 21.3 Å². The zero-order valence-electron chi connectivity index (χ0n) is 11.7. The molecule has 116 valence electrons. The van der Waals surface area contributed by atoms with E-state index in [1.165, 1.54) is 11.1 Å². The number of benzene rings is 2. The van der Waals surface area contributed by atoms with Crippen molar-refractivity contribution in [2.24, 2.45) is 0 Å². The van der Waals surface area contributed by atoms with Crippen LogP contribution in [0.3, 0.4) is 0 Å². The fourth-order valence-corrected chi connectivity index (χ4v) is 4.35. The van der Waals surface area contributed by atoms with E-state index in [2.05, 4.69) is 63.7 Å². The van der Waals surface area contributed by atoms with E-state index in [1.54, 1.807) is 0 Å². The summed E-state index contributed by atoms with van der Waals surface area (Å²) in [4.78, 5) is 12.7. The summed E-state index contributed by atoms with van der Waals surface area (Å²) in [5.74, 6) is 0.0617. The minimum Gasteiger partial charge on any atom is -0.289 e. The van der Waals surface area contributed by atoms with Crippen molar-refractivity contribution in [2.75, 3.05) is 0 Å². The van der Waals surface area contributed by atoms with Gasteiger partial charge in [0.2, 0.25) is 0 Å². The average Bonchev–Trinajstić information content (AvgIpc) is 2.59. The molecule has 2 aromatic rings. The van der Waals surface area contributed by atoms with E-state index in [9.17, 15) is 4.79 Å². The lowest BCUT2D eigenvalue weighted by Crippen LogP contribution is -2.04. The topological polar surface area (TPSA) is 17.1 Å². The van der Waals surface area contributed by atoms with Gasteiger partial charge in [-0.3, -0.25) is 4.79 Å². The molecule has 0 aliphatic carbocycles. The molecule has 0 heterocycles. The number of hydrogen-bond donors (Lipinski definition) is 0. The van der Waals surface area contributed by atoms with Gasteiger partial charge in [0.25, 0.3) is 0 Å². The first-order valence-electron chi connectivity index (χ1n) is 6.66. The maximum Gasteiger partial charge on any atom is 0.193 e. The molecule has 0 fully saturated rings. The summed E-state index contributed by atoms with van der Waals surface area (Å²) >= 11 is 13.9. The highest BCUT2D eigenvalue weighted by Crippen LogP contribution is 2.23. The first-order valence-corrected chi connectivity index (χ1v) is 11.1. The smallest absolute Gasteiger partial charge is 0.193 e. The van der Waals surface area contributed by atoms with E-state index in [0.29, 0.717) is 0 Å². The van der Waals surface area contributed by atoms with E-state index in [0.717, 1.165) is 43.6 Å². The highest BCUT2D eigenvalue weighted by atomic mass is 79.9. The SMILES string of the molecule is O=C(c1ccc(CBr)c(CBr)c1)c1ccc(CBr)c(CBr)c1. The molecule has 5 heteroatoms. The van der Waals surface area contributed by atoms with Crippen molar-refractivity contribution in [3.8, 4) is 0 Å². The van der Waals surface area contributed by atoms with Gasteiger partial charge in [0.05, 0.1) is 0 Å². The fraction of sp³-hybridized carbons (Fsp3) is 0.235. The number of halogens is 4. The Morgan fingerprint density at radius 2 is 1.00 bits per heavy atom. The van der Waals surface area contributed by atoms with Gasteiger partial charge < -0.3 is 0 Å². The quantitative estimate of drug-likeness (QED) is 0.295. The lowest BCUT2D eigenvalue weighted by Gasteiger charge is -2.10. The minimum absolute atomic E-state index is 0.0617. The summed E-state index contributed by atoms with van der Waals surface area (Å²) < 4.78 is 0. The van der Waals surface area contributed by atoms with E-state index in [1.807, 2.05) is 36.4 Å². The van der Waals surface area contributed by atoms with Crippen LogP contribution >= 0.6 is 63.7 Å². The van der Waals surface area contributed by atoms with E-state index < -0.39 is 0 Å². The second-order valence-corrected chi connectivity index (χ2v) is 7.07. The number of hydrogen-bond acceptors (Lipinski definition) is 1. The van der Waals surface area contributed by atoms with Crippen LogP contribution < -0.4 is 0 Å². The lowest BCUT2D eigenvalue weighted by atomic mass is 9.97. The highest BCUT2D eigenvalue weighted by molar-refractivity contribution is 9.09. The number of ketones is 1. The van der Waals surface area contributed by atoms with Gasteiger partial charge in [-0.05, 0) is 34.4 Å². The van der Waals surface area contributed by atoms with Crippen LogP contribution in [0.2, 0.25) is 0 Å². The molecule has 0 spiro atoms. The third-order valence-corrected chi connectivity index (χ3v) is 5.93. The van der Waals surface area contributed by atoms with Crippen molar-refractivity contribution < 1.29 is 4.79 Å². The van der Waals surface area contributed by atoms with Crippen molar-refractivity contribution in [3.05, 3.63) is 69.8 Å². The first-order chi connectivity index (χ1) is 10.6. The van der Waals surface area contributed by atoms with Crippen LogP contribution in [0.5, 0.6) is 0 Å². The van der Waals surface area contributed by atoms with Crippen LogP contribution in [0, 0.1) is 0 Å². The zero-order chi connectivity index (χ0) is 16.1. The Morgan fingerprint density at radius 3 is 1.32 bits per heavy atom. The molecule has 0 aromatic heterocycles. The first kappa shape index (κ1) is 18.4. The van der Waals surface area contributed by atoms with Gasteiger partial charge in [-0.25, -0.2) is 0 Å². The molecule has 0 bridgehead atoms. The van der Waals surface area contributed by atoms with Gasteiger partial charge in [-0.2, -0.15) is 0 Å². The summed E-state index contributed by atoms with van der Waals surface area (Å²) in [7, 11) is 0. The van der Waals surface area contributed by atoms with Crippen molar-refractivity contribution >= 4 is 69.5 Å². The average molecular weight is 554 g/mol. The standard InChI is InChI=1S/C17H14Br4O/c18-7-13-3-1-11(5-15(13)9-20)17(22)12-2-4-14(8-19)16(6-12)10-21/h1-6H,7-10H2. The van der Waals surface area contributed by atoms with Crippen LogP contribution in [0.4, 0.5) is 0 Å². The van der Waals surface area contributed by atoms with Gasteiger partial charge in [-0.15, -0.1) is 0 Å². The van der Waals surface area contributed by atoms with E-state index in [-0.39, 0.29) is 5.78 Å². The lowest BCUT2D eigenvalue weighted by molar-refractivity contribution is 0.103. The Morgan fingerprint density at radius 1 is 0.636 bits per heavy atom. The van der Waals surface area contributed by atoms with Crippen molar-refractivity contribution in [3.63, 3.8) is 0 Å². The number of rotatable bonds is 6. The Kier molecular flexibility index (Phi) is 7.32. The third kappa shape index (κ3) is 4.11. The second-order valence-electron chi connectivity index (χ2n) is 4.83. The molecule has 2 rings (SSSR count). The minimum atomic E-state index is 0.0617. The van der Waals surface area contributed by atoms with Crippen LogP contribution in [0.25, 0.3) is 0 Å². The molecule has 1 nitrogen and oxygen atoms in total. The fourth-order valence-electron chi connectivity index (χ4n) is 2.21. The largest absolute Gasteiger partial charge is 0.289 e. The molecule has 0 amide bonds. The molecule has 0 atom stereocenters. The molecule has 0 saturated carbocycles. The van der Waals surface area contributed by atoms with Crippen LogP contribution in [0.1, 0.15) is 38.2 Å². The molecule has 0 unspecified atom stereocenters. The normalized spacial score (nSPS) is 10.7. The van der Waals surface area contributed by atoms with E-state index in [4.69, 9.17) is 0 Å². The molecule has 0 aliphatic heterocycles. The van der Waals surface area contributed by atoms with Crippen LogP contribution in [0.15, 0.2) is 36.4 Å². The predicted octanol–water partition coefficient (Wildman–Crippen LogP) is 6.50. The summed E-state index contributed by atoms with van der Waals surface area (Å²) in [6.45, 7) is 0. The Hall–Kier alpha value is 0.0300. The van der Waals surface area contributed by atoms with Gasteiger partial charge >= 0.3 is 0 Å². The van der Waals surface area contributed by atoms with Gasteiger partial charge in [0, 0.05) is 32.4 Å². The monoisotopic (exact) mass is 550 g/mol. The van der Waals surface area contributed by atoms with Crippen molar-refractivity contribution in [1.82, 2.24) is 0 Å². The van der Waals surface area contributed by atoms with Gasteiger partial charge in [0.15, 0.2) is 5.78 Å². The Labute approximate surface area is 164 Å². The number of carbonyl (C=O) groups excluding carboxylic acids is 1. The Bertz CT molecular complexity index is 625. The van der Waals surface area contributed by atoms with Crippen LogP contribution in [-0.4, -0.2) is 5.78 Å². The zero-order valence-corrected chi connectivity index (χ0v) is 18.1. The summed E-state index contributed by atoms with van der Waals surface area (Å²) in [5, 5.41) is 3.06. The molecule has 0 saturated heterocycles.